The molecule has 3 rings (SSSR count). The van der Waals surface area contributed by atoms with E-state index in [0.29, 0.717) is 42.4 Å². The number of carbonyl (C=O) groups excluding carboxylic acids is 1. The second-order valence-corrected chi connectivity index (χ2v) is 9.11. The van der Waals surface area contributed by atoms with Crippen LogP contribution in [0, 0.1) is 0 Å². The summed E-state index contributed by atoms with van der Waals surface area (Å²) >= 11 is 6.07. The molecule has 2 aromatic heterocycles. The predicted octanol–water partition coefficient (Wildman–Crippen LogP) is 2.72. The Morgan fingerprint density at radius 3 is 2.43 bits per heavy atom. The lowest BCUT2D eigenvalue weighted by molar-refractivity contribution is 0.0130. The van der Waals surface area contributed by atoms with Crippen LogP contribution in [0.1, 0.15) is 47.4 Å². The lowest BCUT2D eigenvalue weighted by Crippen LogP contribution is -2.59. The van der Waals surface area contributed by atoms with E-state index in [-0.39, 0.29) is 29.7 Å². The van der Waals surface area contributed by atoms with E-state index < -0.39 is 5.60 Å². The van der Waals surface area contributed by atoms with Gasteiger partial charge in [0.05, 0.1) is 5.88 Å². The van der Waals surface area contributed by atoms with Crippen molar-refractivity contribution in [1.82, 2.24) is 24.0 Å². The Labute approximate surface area is 181 Å². The number of hydrogen-bond acceptors (Lipinski definition) is 6. The van der Waals surface area contributed by atoms with Crippen LogP contribution in [0.2, 0.25) is 0 Å². The zero-order chi connectivity index (χ0) is 22.4. The molecule has 0 radical (unpaired) electrons. The van der Waals surface area contributed by atoms with Crippen LogP contribution < -0.4 is 10.6 Å². The van der Waals surface area contributed by atoms with Crippen molar-refractivity contribution in [2.24, 2.45) is 7.05 Å². The molecule has 0 aromatic carbocycles. The minimum atomic E-state index is -0.554. The van der Waals surface area contributed by atoms with Crippen LogP contribution in [0.5, 0.6) is 0 Å². The molecule has 0 N–H and O–H groups in total. The van der Waals surface area contributed by atoms with Crippen LogP contribution in [-0.2, 0) is 24.2 Å². The number of amides is 1. The summed E-state index contributed by atoms with van der Waals surface area (Å²) in [6, 6.07) is -0.180. The van der Waals surface area contributed by atoms with Crippen LogP contribution in [0.4, 0.5) is 10.6 Å². The molecule has 166 valence electrons. The summed E-state index contributed by atoms with van der Waals surface area (Å²) in [6.45, 7) is 12.9. The van der Waals surface area contributed by atoms with Crippen LogP contribution in [0.3, 0.4) is 0 Å². The van der Waals surface area contributed by atoms with Crippen molar-refractivity contribution in [3.8, 4) is 0 Å². The highest BCUT2D eigenvalue weighted by Gasteiger charge is 2.36. The number of carbonyl (C=O) groups is 1. The second kappa shape index (κ2) is 8.09. The number of hydrogen-bond donors (Lipinski definition) is 0. The van der Waals surface area contributed by atoms with Gasteiger partial charge in [-0.05, 0) is 41.5 Å². The number of alkyl halides is 1. The SMILES string of the molecule is CCn1c(=O)nc(N2C[C@@H](C)N(C(=O)OC(C)(C)C)C[C@@H]2C)c2nc(CCl)n(C)c21. The maximum absolute atomic E-state index is 12.8. The third kappa shape index (κ3) is 3.99. The quantitative estimate of drug-likeness (QED) is 0.685. The number of rotatable bonds is 3. The minimum absolute atomic E-state index is 0.0669. The summed E-state index contributed by atoms with van der Waals surface area (Å²) in [7, 11) is 1.86. The van der Waals surface area contributed by atoms with Gasteiger partial charge in [0, 0.05) is 38.8 Å². The molecule has 9 nitrogen and oxygen atoms in total. The highest BCUT2D eigenvalue weighted by Crippen LogP contribution is 2.29. The molecule has 1 saturated heterocycles. The van der Waals surface area contributed by atoms with Crippen molar-refractivity contribution in [2.75, 3.05) is 18.0 Å². The summed E-state index contributed by atoms with van der Waals surface area (Å²) in [5.74, 6) is 1.45. The summed E-state index contributed by atoms with van der Waals surface area (Å²) in [5.41, 5.74) is 0.483. The molecule has 1 amide bonds. The van der Waals surface area contributed by atoms with E-state index in [1.165, 1.54) is 0 Å². The first kappa shape index (κ1) is 22.4. The summed E-state index contributed by atoms with van der Waals surface area (Å²) in [4.78, 5) is 38.2. The van der Waals surface area contributed by atoms with Gasteiger partial charge in [0.15, 0.2) is 5.82 Å². The number of halogens is 1. The first-order valence-corrected chi connectivity index (χ1v) is 10.8. The maximum atomic E-state index is 12.8. The van der Waals surface area contributed by atoms with Crippen molar-refractivity contribution in [2.45, 2.75) is 71.7 Å². The molecule has 30 heavy (non-hydrogen) atoms. The normalized spacial score (nSPS) is 20.1. The van der Waals surface area contributed by atoms with Crippen LogP contribution in [0.25, 0.3) is 11.2 Å². The number of imidazole rings is 1. The highest BCUT2D eigenvalue weighted by molar-refractivity contribution is 6.16. The minimum Gasteiger partial charge on any atom is -0.444 e. The smallest absolute Gasteiger partial charge is 0.410 e. The zero-order valence-electron chi connectivity index (χ0n) is 18.8. The third-order valence-corrected chi connectivity index (χ3v) is 5.62. The molecule has 0 bridgehead atoms. The fourth-order valence-corrected chi connectivity index (χ4v) is 4.13. The summed E-state index contributed by atoms with van der Waals surface area (Å²) in [6.07, 6.45) is -0.330. The number of piperazine rings is 1. The number of anilines is 1. The molecule has 1 fully saturated rings. The second-order valence-electron chi connectivity index (χ2n) is 8.84. The average molecular weight is 439 g/mol. The van der Waals surface area contributed by atoms with Crippen molar-refractivity contribution in [1.29, 1.82) is 0 Å². The van der Waals surface area contributed by atoms with Crippen molar-refractivity contribution in [3.05, 3.63) is 16.3 Å². The molecule has 0 saturated carbocycles. The first-order valence-electron chi connectivity index (χ1n) is 10.3. The lowest BCUT2D eigenvalue weighted by Gasteiger charge is -2.44. The van der Waals surface area contributed by atoms with E-state index in [1.54, 1.807) is 9.47 Å². The highest BCUT2D eigenvalue weighted by atomic mass is 35.5. The zero-order valence-corrected chi connectivity index (χ0v) is 19.5. The van der Waals surface area contributed by atoms with E-state index in [9.17, 15) is 9.59 Å². The summed E-state index contributed by atoms with van der Waals surface area (Å²) < 4.78 is 9.01. The fourth-order valence-electron chi connectivity index (χ4n) is 3.89. The Kier molecular flexibility index (Phi) is 6.04. The van der Waals surface area contributed by atoms with Crippen LogP contribution in [-0.4, -0.2) is 60.9 Å². The van der Waals surface area contributed by atoms with Gasteiger partial charge >= 0.3 is 11.8 Å². The molecule has 3 heterocycles. The number of aryl methyl sites for hydroxylation is 2. The molecule has 0 unspecified atom stereocenters. The number of nitrogens with zero attached hydrogens (tertiary/aromatic N) is 6. The monoisotopic (exact) mass is 438 g/mol. The lowest BCUT2D eigenvalue weighted by atomic mass is 10.1. The van der Waals surface area contributed by atoms with Gasteiger partial charge in [0.1, 0.15) is 22.6 Å². The number of fused-ring (bicyclic) bond motifs is 1. The summed E-state index contributed by atoms with van der Waals surface area (Å²) in [5, 5.41) is 0. The molecule has 2 aromatic rings. The van der Waals surface area contributed by atoms with Gasteiger partial charge in [0.2, 0.25) is 0 Å². The van der Waals surface area contributed by atoms with Crippen LogP contribution >= 0.6 is 11.6 Å². The van der Waals surface area contributed by atoms with Gasteiger partial charge in [-0.25, -0.2) is 14.6 Å². The Bertz CT molecular complexity index is 1010. The Morgan fingerprint density at radius 2 is 1.87 bits per heavy atom. The van der Waals surface area contributed by atoms with Gasteiger partial charge in [-0.2, -0.15) is 4.98 Å². The maximum Gasteiger partial charge on any atom is 0.410 e. The number of ether oxygens (including phenoxy) is 1. The molecular formula is C20H31ClN6O3. The molecule has 1 aliphatic heterocycles. The Hall–Kier alpha value is -2.29. The average Bonchev–Trinajstić information content (AvgIpc) is 2.98. The van der Waals surface area contributed by atoms with Crippen molar-refractivity contribution in [3.63, 3.8) is 0 Å². The van der Waals surface area contributed by atoms with Gasteiger partial charge in [-0.3, -0.25) is 4.57 Å². The van der Waals surface area contributed by atoms with E-state index in [0.717, 1.165) is 0 Å². The van der Waals surface area contributed by atoms with E-state index in [2.05, 4.69) is 14.9 Å². The van der Waals surface area contributed by atoms with Gasteiger partial charge in [0.25, 0.3) is 0 Å². The van der Waals surface area contributed by atoms with Gasteiger partial charge in [-0.15, -0.1) is 11.6 Å². The molecule has 1 aliphatic rings. The van der Waals surface area contributed by atoms with Crippen molar-refractivity contribution < 1.29 is 9.53 Å². The third-order valence-electron chi connectivity index (χ3n) is 5.38. The largest absolute Gasteiger partial charge is 0.444 e. The standard InChI is InChI=1S/C20H31ClN6O3/c1-8-25-17-15(22-14(9-21)24(17)7)16(23-18(25)28)26-10-13(3)27(11-12(26)2)19(29)30-20(4,5)6/h12-13H,8-11H2,1-7H3/t12-,13+/m0/s1. The molecule has 0 aliphatic carbocycles. The predicted molar refractivity (Wildman–Crippen MR) is 117 cm³/mol. The number of aromatic nitrogens is 4. The van der Waals surface area contributed by atoms with Crippen molar-refractivity contribution >= 4 is 34.7 Å². The topological polar surface area (TPSA) is 85.5 Å². The molecule has 10 heteroatoms. The van der Waals surface area contributed by atoms with Gasteiger partial charge in [-0.1, -0.05) is 0 Å². The Balaban J connectivity index is 2.01. The molecule has 0 spiro atoms. The van der Waals surface area contributed by atoms with E-state index >= 15 is 0 Å². The van der Waals surface area contributed by atoms with E-state index in [4.69, 9.17) is 16.3 Å². The molecule has 2 atom stereocenters. The Morgan fingerprint density at radius 1 is 1.20 bits per heavy atom. The first-order chi connectivity index (χ1) is 14.0. The van der Waals surface area contributed by atoms with Crippen LogP contribution in [0.15, 0.2) is 4.79 Å². The fraction of sp³-hybridized carbons (Fsp3) is 0.700. The molecular weight excluding hydrogens is 408 g/mol. The van der Waals surface area contributed by atoms with E-state index in [1.807, 2.05) is 53.2 Å². The van der Waals surface area contributed by atoms with Gasteiger partial charge < -0.3 is 19.1 Å².